The number of hydrogen-bond acceptors (Lipinski definition) is 5. The summed E-state index contributed by atoms with van der Waals surface area (Å²) in [6, 6.07) is 7.76. The molecule has 0 spiro atoms. The SMILES string of the molecule is COCC(=O)N(CC(=O)N1CCc2sccc2[C@H]1COc1cccc(F)c1)CC1CC1. The molecule has 1 fully saturated rings. The molecule has 1 aromatic carbocycles. The van der Waals surface area contributed by atoms with Gasteiger partial charge in [0.1, 0.15) is 24.8 Å². The van der Waals surface area contributed by atoms with E-state index in [0.717, 1.165) is 24.8 Å². The van der Waals surface area contributed by atoms with Gasteiger partial charge in [-0.15, -0.1) is 11.3 Å². The average molecular weight is 447 g/mol. The summed E-state index contributed by atoms with van der Waals surface area (Å²) < 4.78 is 24.4. The lowest BCUT2D eigenvalue weighted by atomic mass is 10.0. The first-order chi connectivity index (χ1) is 15.0. The number of amides is 2. The standard InChI is InChI=1S/C23H27FN2O4S/c1-29-15-23(28)25(12-16-5-6-16)13-22(27)26-9-7-21-19(8-10-31-21)20(26)14-30-18-4-2-3-17(24)11-18/h2-4,8,10-11,16,20H,5-7,9,12-15H2,1H3/t20-/m1/s1. The number of benzene rings is 1. The fourth-order valence-corrected chi connectivity index (χ4v) is 4.87. The number of nitrogens with zero attached hydrogens (tertiary/aromatic N) is 2. The van der Waals surface area contributed by atoms with Crippen LogP contribution in [0.25, 0.3) is 0 Å². The van der Waals surface area contributed by atoms with E-state index in [1.54, 1.807) is 33.3 Å². The first-order valence-corrected chi connectivity index (χ1v) is 11.4. The third-order valence-electron chi connectivity index (χ3n) is 5.74. The molecule has 31 heavy (non-hydrogen) atoms. The Bertz CT molecular complexity index is 930. The van der Waals surface area contributed by atoms with Gasteiger partial charge in [0.25, 0.3) is 0 Å². The number of hydrogen-bond donors (Lipinski definition) is 0. The van der Waals surface area contributed by atoms with Crippen LogP contribution in [0.3, 0.4) is 0 Å². The second-order valence-electron chi connectivity index (χ2n) is 8.07. The highest BCUT2D eigenvalue weighted by atomic mass is 32.1. The third-order valence-corrected chi connectivity index (χ3v) is 6.74. The fraction of sp³-hybridized carbons (Fsp3) is 0.478. The zero-order chi connectivity index (χ0) is 21.8. The van der Waals surface area contributed by atoms with E-state index in [1.807, 2.05) is 11.4 Å². The van der Waals surface area contributed by atoms with E-state index in [-0.39, 0.29) is 43.4 Å². The van der Waals surface area contributed by atoms with E-state index in [1.165, 1.54) is 24.1 Å². The summed E-state index contributed by atoms with van der Waals surface area (Å²) in [6.45, 7) is 1.40. The molecule has 1 atom stereocenters. The number of rotatable bonds is 9. The van der Waals surface area contributed by atoms with Gasteiger partial charge < -0.3 is 19.3 Å². The summed E-state index contributed by atoms with van der Waals surface area (Å²) in [5, 5.41) is 2.02. The first kappa shape index (κ1) is 21.8. The summed E-state index contributed by atoms with van der Waals surface area (Å²) in [5.41, 5.74) is 1.07. The van der Waals surface area contributed by atoms with Crippen molar-refractivity contribution in [3.8, 4) is 5.75 Å². The van der Waals surface area contributed by atoms with Crippen LogP contribution in [0, 0.1) is 11.7 Å². The molecule has 6 nitrogen and oxygen atoms in total. The van der Waals surface area contributed by atoms with E-state index < -0.39 is 0 Å². The van der Waals surface area contributed by atoms with Gasteiger partial charge in [-0.05, 0) is 54.3 Å². The summed E-state index contributed by atoms with van der Waals surface area (Å²) in [4.78, 5) is 30.4. The van der Waals surface area contributed by atoms with Crippen molar-refractivity contribution in [1.29, 1.82) is 0 Å². The average Bonchev–Trinajstić information content (AvgIpc) is 3.44. The molecule has 2 heterocycles. The molecule has 2 amide bonds. The van der Waals surface area contributed by atoms with Gasteiger partial charge in [-0.3, -0.25) is 9.59 Å². The number of methoxy groups -OCH3 is 1. The van der Waals surface area contributed by atoms with Crippen LogP contribution in [0.2, 0.25) is 0 Å². The van der Waals surface area contributed by atoms with Crippen LogP contribution in [-0.2, 0) is 20.7 Å². The largest absolute Gasteiger partial charge is 0.491 e. The predicted molar refractivity (Wildman–Crippen MR) is 116 cm³/mol. The Morgan fingerprint density at radius 3 is 2.87 bits per heavy atom. The second-order valence-corrected chi connectivity index (χ2v) is 9.07. The molecule has 2 aliphatic rings. The molecule has 0 saturated heterocycles. The van der Waals surface area contributed by atoms with Gasteiger partial charge in [0.05, 0.1) is 12.6 Å². The molecule has 1 aliphatic carbocycles. The van der Waals surface area contributed by atoms with E-state index in [2.05, 4.69) is 0 Å². The van der Waals surface area contributed by atoms with Crippen LogP contribution >= 0.6 is 11.3 Å². The van der Waals surface area contributed by atoms with Crippen LogP contribution in [0.15, 0.2) is 35.7 Å². The molecule has 0 radical (unpaired) electrons. The van der Waals surface area contributed by atoms with E-state index in [4.69, 9.17) is 9.47 Å². The van der Waals surface area contributed by atoms with Crippen LogP contribution < -0.4 is 4.74 Å². The second kappa shape index (κ2) is 9.78. The Hall–Kier alpha value is -2.45. The topological polar surface area (TPSA) is 59.1 Å². The normalized spacial score (nSPS) is 17.9. The molecule has 1 aliphatic heterocycles. The van der Waals surface area contributed by atoms with Gasteiger partial charge in [-0.2, -0.15) is 0 Å². The molecule has 1 saturated carbocycles. The molecule has 0 unspecified atom stereocenters. The van der Waals surface area contributed by atoms with Crippen molar-refractivity contribution in [2.24, 2.45) is 5.92 Å². The van der Waals surface area contributed by atoms with Gasteiger partial charge in [-0.25, -0.2) is 4.39 Å². The zero-order valence-electron chi connectivity index (χ0n) is 17.6. The maximum absolute atomic E-state index is 13.5. The molecule has 2 aromatic rings. The smallest absolute Gasteiger partial charge is 0.249 e. The minimum absolute atomic E-state index is 0.0270. The number of carbonyl (C=O) groups excluding carboxylic acids is 2. The maximum atomic E-state index is 13.5. The number of ether oxygens (including phenoxy) is 2. The highest BCUT2D eigenvalue weighted by Crippen LogP contribution is 2.34. The Kier molecular flexibility index (Phi) is 6.87. The Morgan fingerprint density at radius 2 is 2.13 bits per heavy atom. The number of halogens is 1. The molecule has 0 bridgehead atoms. The minimum Gasteiger partial charge on any atom is -0.491 e. The van der Waals surface area contributed by atoms with Gasteiger partial charge in [-0.1, -0.05) is 6.07 Å². The Balaban J connectivity index is 1.48. The molecule has 4 rings (SSSR count). The van der Waals surface area contributed by atoms with Crippen molar-refractivity contribution in [1.82, 2.24) is 9.80 Å². The van der Waals surface area contributed by atoms with Crippen molar-refractivity contribution in [3.63, 3.8) is 0 Å². The van der Waals surface area contributed by atoms with Crippen LogP contribution in [0.4, 0.5) is 4.39 Å². The van der Waals surface area contributed by atoms with E-state index in [0.29, 0.717) is 24.8 Å². The first-order valence-electron chi connectivity index (χ1n) is 10.6. The molecule has 1 aromatic heterocycles. The number of fused-ring (bicyclic) bond motifs is 1. The van der Waals surface area contributed by atoms with Crippen molar-refractivity contribution in [2.45, 2.75) is 25.3 Å². The maximum Gasteiger partial charge on any atom is 0.249 e. The molecule has 8 heteroatoms. The summed E-state index contributed by atoms with van der Waals surface area (Å²) in [6.07, 6.45) is 2.97. The number of thiophene rings is 1. The van der Waals surface area contributed by atoms with E-state index >= 15 is 0 Å². The van der Waals surface area contributed by atoms with Crippen molar-refractivity contribution in [3.05, 3.63) is 52.0 Å². The van der Waals surface area contributed by atoms with Crippen LogP contribution in [0.5, 0.6) is 5.75 Å². The molecule has 0 N–H and O–H groups in total. The molecular formula is C23H27FN2O4S. The number of carbonyl (C=O) groups is 2. The highest BCUT2D eigenvalue weighted by Gasteiger charge is 2.34. The van der Waals surface area contributed by atoms with Crippen LogP contribution in [-0.4, -0.2) is 61.6 Å². The molecular weight excluding hydrogens is 419 g/mol. The lowest BCUT2D eigenvalue weighted by molar-refractivity contribution is -0.144. The van der Waals surface area contributed by atoms with Crippen molar-refractivity contribution >= 4 is 23.2 Å². The van der Waals surface area contributed by atoms with Gasteiger partial charge in [0.2, 0.25) is 11.8 Å². The fourth-order valence-electron chi connectivity index (χ4n) is 3.94. The van der Waals surface area contributed by atoms with Gasteiger partial charge in [0.15, 0.2) is 0 Å². The quantitative estimate of drug-likeness (QED) is 0.593. The van der Waals surface area contributed by atoms with Crippen molar-refractivity contribution < 1.29 is 23.5 Å². The summed E-state index contributed by atoms with van der Waals surface area (Å²) in [7, 11) is 1.48. The van der Waals surface area contributed by atoms with Crippen LogP contribution in [0.1, 0.15) is 29.3 Å². The van der Waals surface area contributed by atoms with E-state index in [9.17, 15) is 14.0 Å². The van der Waals surface area contributed by atoms with Crippen molar-refractivity contribution in [2.75, 3.05) is 40.0 Å². The Labute approximate surface area is 185 Å². The Morgan fingerprint density at radius 1 is 1.29 bits per heavy atom. The lowest BCUT2D eigenvalue weighted by Crippen LogP contribution is -2.48. The molecule has 166 valence electrons. The monoisotopic (exact) mass is 446 g/mol. The zero-order valence-corrected chi connectivity index (χ0v) is 18.4. The van der Waals surface area contributed by atoms with Gasteiger partial charge in [0, 0.05) is 31.1 Å². The third kappa shape index (κ3) is 5.43. The lowest BCUT2D eigenvalue weighted by Gasteiger charge is -2.37. The van der Waals surface area contributed by atoms with Gasteiger partial charge >= 0.3 is 0 Å². The summed E-state index contributed by atoms with van der Waals surface area (Å²) >= 11 is 1.67. The summed E-state index contributed by atoms with van der Waals surface area (Å²) in [5.74, 6) is 0.280. The predicted octanol–water partition coefficient (Wildman–Crippen LogP) is 3.28. The minimum atomic E-state index is -0.363. The highest BCUT2D eigenvalue weighted by molar-refractivity contribution is 7.10.